The van der Waals surface area contributed by atoms with Crippen LogP contribution in [0.25, 0.3) is 11.4 Å². The zero-order valence-corrected chi connectivity index (χ0v) is 16.0. The van der Waals surface area contributed by atoms with E-state index in [4.69, 9.17) is 5.14 Å². The van der Waals surface area contributed by atoms with Gasteiger partial charge in [-0.2, -0.15) is 0 Å². The van der Waals surface area contributed by atoms with Crippen LogP contribution in [-0.4, -0.2) is 35.3 Å². The number of anilines is 1. The van der Waals surface area contributed by atoms with Crippen molar-refractivity contribution in [1.82, 2.24) is 15.2 Å². The third-order valence-corrected chi connectivity index (χ3v) is 5.37. The fourth-order valence-electron chi connectivity index (χ4n) is 2.21. The summed E-state index contributed by atoms with van der Waals surface area (Å²) < 4.78 is 22.4. The van der Waals surface area contributed by atoms with Crippen LogP contribution < -0.4 is 10.5 Å². The molecule has 0 unspecified atom stereocenters. The van der Waals surface area contributed by atoms with Gasteiger partial charge in [0.25, 0.3) is 0 Å². The molecule has 4 N–H and O–H groups in total. The number of nitrogens with zero attached hydrogens (tertiary/aromatic N) is 2. The second-order valence-electron chi connectivity index (χ2n) is 5.74. The molecule has 27 heavy (non-hydrogen) atoms. The van der Waals surface area contributed by atoms with E-state index in [2.05, 4.69) is 20.5 Å². The number of benzene rings is 2. The summed E-state index contributed by atoms with van der Waals surface area (Å²) in [7, 11) is -3.75. The van der Waals surface area contributed by atoms with Gasteiger partial charge in [-0.1, -0.05) is 41.6 Å². The van der Waals surface area contributed by atoms with Crippen molar-refractivity contribution in [3.05, 3.63) is 54.1 Å². The van der Waals surface area contributed by atoms with Crippen LogP contribution in [0, 0.1) is 6.92 Å². The topological polar surface area (TPSA) is 131 Å². The summed E-state index contributed by atoms with van der Waals surface area (Å²) in [6.45, 7) is 2.01. The number of aromatic amines is 1. The number of nitrogens with two attached hydrogens (primary N) is 1. The molecule has 0 aliphatic heterocycles. The van der Waals surface area contributed by atoms with E-state index in [1.807, 2.05) is 31.2 Å². The van der Waals surface area contributed by atoms with Crippen LogP contribution in [0.5, 0.6) is 0 Å². The van der Waals surface area contributed by atoms with Gasteiger partial charge in [-0.05, 0) is 31.2 Å². The van der Waals surface area contributed by atoms with E-state index in [0.717, 1.165) is 11.1 Å². The number of aryl methyl sites for hydroxylation is 1. The Hall–Kier alpha value is -2.69. The molecule has 0 fully saturated rings. The number of aromatic nitrogens is 3. The molecule has 1 amide bonds. The van der Waals surface area contributed by atoms with Gasteiger partial charge in [-0.25, -0.2) is 18.5 Å². The number of hydrogen-bond acceptors (Lipinski definition) is 6. The van der Waals surface area contributed by atoms with Crippen molar-refractivity contribution in [3.63, 3.8) is 0 Å². The average molecular weight is 403 g/mol. The minimum Gasteiger partial charge on any atom is -0.325 e. The number of sulfonamides is 1. The van der Waals surface area contributed by atoms with Gasteiger partial charge in [-0.3, -0.25) is 9.89 Å². The van der Waals surface area contributed by atoms with E-state index in [9.17, 15) is 13.2 Å². The molecule has 0 radical (unpaired) electrons. The Morgan fingerprint density at radius 3 is 2.44 bits per heavy atom. The summed E-state index contributed by atoms with van der Waals surface area (Å²) in [4.78, 5) is 16.4. The molecule has 0 spiro atoms. The Kier molecular flexibility index (Phi) is 5.59. The van der Waals surface area contributed by atoms with E-state index in [1.165, 1.54) is 36.0 Å². The number of carbonyl (C=O) groups excluding carboxylic acids is 1. The number of rotatable bonds is 6. The van der Waals surface area contributed by atoms with E-state index >= 15 is 0 Å². The van der Waals surface area contributed by atoms with E-state index in [-0.39, 0.29) is 16.6 Å². The van der Waals surface area contributed by atoms with Crippen LogP contribution in [0.1, 0.15) is 5.56 Å². The van der Waals surface area contributed by atoms with Gasteiger partial charge in [0.05, 0.1) is 10.6 Å². The second-order valence-corrected chi connectivity index (χ2v) is 8.24. The molecule has 3 rings (SSSR count). The predicted octanol–water partition coefficient (Wildman–Crippen LogP) is 2.16. The van der Waals surface area contributed by atoms with Crippen LogP contribution >= 0.6 is 11.8 Å². The van der Waals surface area contributed by atoms with Gasteiger partial charge in [-0.15, -0.1) is 5.10 Å². The first-order valence-electron chi connectivity index (χ1n) is 7.86. The summed E-state index contributed by atoms with van der Waals surface area (Å²) >= 11 is 1.19. The number of nitrogens with one attached hydrogen (secondary N) is 2. The summed E-state index contributed by atoms with van der Waals surface area (Å²) in [6, 6.07) is 13.5. The molecule has 10 heteroatoms. The van der Waals surface area contributed by atoms with Crippen molar-refractivity contribution in [1.29, 1.82) is 0 Å². The quantitative estimate of drug-likeness (QED) is 0.541. The lowest BCUT2D eigenvalue weighted by atomic mass is 10.1. The number of thioether (sulfide) groups is 1. The van der Waals surface area contributed by atoms with Crippen LogP contribution in [0.4, 0.5) is 5.69 Å². The third-order valence-electron chi connectivity index (χ3n) is 3.59. The summed E-state index contributed by atoms with van der Waals surface area (Å²) in [5, 5.41) is 15.1. The van der Waals surface area contributed by atoms with Crippen molar-refractivity contribution in [2.45, 2.75) is 17.0 Å². The van der Waals surface area contributed by atoms with Crippen molar-refractivity contribution in [3.8, 4) is 11.4 Å². The number of H-pyrrole nitrogens is 1. The molecule has 0 aliphatic rings. The van der Waals surface area contributed by atoms with Crippen molar-refractivity contribution >= 4 is 33.4 Å². The van der Waals surface area contributed by atoms with Gasteiger partial charge >= 0.3 is 0 Å². The Morgan fingerprint density at radius 1 is 1.15 bits per heavy atom. The van der Waals surface area contributed by atoms with Gasteiger partial charge in [0.1, 0.15) is 0 Å². The summed E-state index contributed by atoms with van der Waals surface area (Å²) in [6.07, 6.45) is 0. The van der Waals surface area contributed by atoms with Gasteiger partial charge in [0.2, 0.25) is 21.1 Å². The van der Waals surface area contributed by atoms with Crippen LogP contribution in [0.2, 0.25) is 0 Å². The largest absolute Gasteiger partial charge is 0.325 e. The highest BCUT2D eigenvalue weighted by Crippen LogP contribution is 2.20. The van der Waals surface area contributed by atoms with Crippen LogP contribution in [-0.2, 0) is 14.8 Å². The molecule has 0 saturated heterocycles. The lowest BCUT2D eigenvalue weighted by Crippen LogP contribution is -2.15. The van der Waals surface area contributed by atoms with E-state index < -0.39 is 10.0 Å². The molecule has 140 valence electrons. The lowest BCUT2D eigenvalue weighted by Gasteiger charge is -2.05. The van der Waals surface area contributed by atoms with Crippen LogP contribution in [0.15, 0.2) is 58.6 Å². The lowest BCUT2D eigenvalue weighted by molar-refractivity contribution is -0.113. The standard InChI is InChI=1S/C17H17N5O3S2/c1-11-2-4-12(5-3-11)16-20-17(22-21-16)26-10-15(23)19-13-6-8-14(9-7-13)27(18,24)25/h2-9H,10H2,1H3,(H,19,23)(H2,18,24,25)(H,20,21,22). The SMILES string of the molecule is Cc1ccc(-c2nc(SCC(=O)Nc3ccc(S(N)(=O)=O)cc3)n[nH]2)cc1. The minimum atomic E-state index is -3.75. The van der Waals surface area contributed by atoms with Crippen LogP contribution in [0.3, 0.4) is 0 Å². The molecule has 8 nitrogen and oxygen atoms in total. The fourth-order valence-corrected chi connectivity index (χ4v) is 3.32. The molecule has 1 aromatic heterocycles. The Labute approximate surface area is 160 Å². The first-order chi connectivity index (χ1) is 12.8. The Bertz CT molecular complexity index is 1040. The molecule has 3 aromatic rings. The third kappa shape index (κ3) is 5.16. The Morgan fingerprint density at radius 2 is 1.81 bits per heavy atom. The van der Waals surface area contributed by atoms with Gasteiger partial charge in [0.15, 0.2) is 5.82 Å². The number of carbonyl (C=O) groups is 1. The molecular formula is C17H17N5O3S2. The maximum Gasteiger partial charge on any atom is 0.238 e. The highest BCUT2D eigenvalue weighted by molar-refractivity contribution is 7.99. The first-order valence-corrected chi connectivity index (χ1v) is 10.4. The maximum atomic E-state index is 12.0. The molecule has 0 bridgehead atoms. The zero-order chi connectivity index (χ0) is 19.4. The fraction of sp³-hybridized carbons (Fsp3) is 0.118. The molecule has 1 heterocycles. The minimum absolute atomic E-state index is 0.0146. The first kappa shape index (κ1) is 19.1. The van der Waals surface area contributed by atoms with E-state index in [1.54, 1.807) is 0 Å². The highest BCUT2D eigenvalue weighted by Gasteiger charge is 2.11. The average Bonchev–Trinajstić information content (AvgIpc) is 3.09. The highest BCUT2D eigenvalue weighted by atomic mass is 32.2. The molecular weight excluding hydrogens is 386 g/mol. The maximum absolute atomic E-state index is 12.0. The number of hydrogen-bond donors (Lipinski definition) is 3. The normalized spacial score (nSPS) is 11.3. The van der Waals surface area contributed by atoms with Crippen molar-refractivity contribution in [2.24, 2.45) is 5.14 Å². The monoisotopic (exact) mass is 403 g/mol. The number of primary sulfonamides is 1. The van der Waals surface area contributed by atoms with Crippen molar-refractivity contribution < 1.29 is 13.2 Å². The Balaban J connectivity index is 1.56. The molecule has 2 aromatic carbocycles. The molecule has 0 aliphatic carbocycles. The molecule has 0 atom stereocenters. The van der Waals surface area contributed by atoms with Crippen molar-refractivity contribution in [2.75, 3.05) is 11.1 Å². The zero-order valence-electron chi connectivity index (χ0n) is 14.3. The van der Waals surface area contributed by atoms with Gasteiger partial charge < -0.3 is 5.32 Å². The summed E-state index contributed by atoms with van der Waals surface area (Å²) in [5.74, 6) is 0.490. The number of amides is 1. The second kappa shape index (κ2) is 7.91. The van der Waals surface area contributed by atoms with E-state index in [0.29, 0.717) is 16.7 Å². The molecule has 0 saturated carbocycles. The smallest absolute Gasteiger partial charge is 0.238 e. The van der Waals surface area contributed by atoms with Gasteiger partial charge in [0, 0.05) is 11.3 Å². The summed E-state index contributed by atoms with van der Waals surface area (Å²) in [5.41, 5.74) is 2.55. The predicted molar refractivity (Wildman–Crippen MR) is 104 cm³/mol.